The van der Waals surface area contributed by atoms with Crippen LogP contribution in [-0.4, -0.2) is 40.3 Å². The standard InChI is InChI=1S/C26H45N5O/c1-31(25(32)16-15-21-9-4-2-5-10-21)26(27)29-18-23-13-8-12-22(17-23)11-6-3-7-14-24-19-28-20-30-24/h19-23H,2-18H2,1H3,(H2,27,29)(H,28,30)/t22-,23+/m1/s1. The molecule has 6 heteroatoms. The number of aryl methyl sites for hydroxylation is 1. The first-order valence-electron chi connectivity index (χ1n) is 13.2. The molecule has 0 bridgehead atoms. The van der Waals surface area contributed by atoms with Crippen LogP contribution < -0.4 is 5.73 Å². The third-order valence-corrected chi connectivity index (χ3v) is 7.73. The second-order valence-corrected chi connectivity index (χ2v) is 10.3. The molecule has 1 heterocycles. The van der Waals surface area contributed by atoms with Crippen LogP contribution in [0.25, 0.3) is 0 Å². The molecule has 1 amide bonds. The maximum atomic E-state index is 12.5. The van der Waals surface area contributed by atoms with Crippen LogP contribution in [0.5, 0.6) is 0 Å². The number of amides is 1. The Morgan fingerprint density at radius 3 is 2.62 bits per heavy atom. The van der Waals surface area contributed by atoms with E-state index in [0.717, 1.165) is 31.2 Å². The summed E-state index contributed by atoms with van der Waals surface area (Å²) in [6.07, 6.45) is 23.3. The van der Waals surface area contributed by atoms with Gasteiger partial charge in [-0.1, -0.05) is 64.2 Å². The molecule has 0 radical (unpaired) electrons. The Kier molecular flexibility index (Phi) is 10.6. The van der Waals surface area contributed by atoms with Gasteiger partial charge in [-0.25, -0.2) is 4.98 Å². The van der Waals surface area contributed by atoms with Gasteiger partial charge in [-0.2, -0.15) is 0 Å². The first-order valence-corrected chi connectivity index (χ1v) is 13.2. The predicted molar refractivity (Wildman–Crippen MR) is 131 cm³/mol. The summed E-state index contributed by atoms with van der Waals surface area (Å²) < 4.78 is 0. The fourth-order valence-electron chi connectivity index (χ4n) is 5.60. The van der Waals surface area contributed by atoms with Gasteiger partial charge in [-0.05, 0) is 49.9 Å². The van der Waals surface area contributed by atoms with Crippen LogP contribution in [0.1, 0.15) is 102 Å². The van der Waals surface area contributed by atoms with E-state index in [1.807, 2.05) is 6.20 Å². The molecule has 2 atom stereocenters. The zero-order valence-electron chi connectivity index (χ0n) is 20.2. The number of nitrogens with zero attached hydrogens (tertiary/aromatic N) is 3. The number of nitrogens with two attached hydrogens (primary N) is 1. The number of aliphatic imine (C=N–C) groups is 1. The zero-order valence-corrected chi connectivity index (χ0v) is 20.2. The highest BCUT2D eigenvalue weighted by molar-refractivity contribution is 5.95. The van der Waals surface area contributed by atoms with Gasteiger partial charge in [0.2, 0.25) is 5.91 Å². The van der Waals surface area contributed by atoms with Crippen molar-refractivity contribution in [2.75, 3.05) is 13.6 Å². The number of carbonyl (C=O) groups is 1. The van der Waals surface area contributed by atoms with E-state index in [1.54, 1.807) is 18.3 Å². The Balaban J connectivity index is 1.30. The Hall–Kier alpha value is -1.85. The number of hydrogen-bond donors (Lipinski definition) is 2. The Morgan fingerprint density at radius 2 is 1.84 bits per heavy atom. The second kappa shape index (κ2) is 13.6. The maximum Gasteiger partial charge on any atom is 0.229 e. The molecule has 1 aromatic heterocycles. The minimum atomic E-state index is 0.119. The lowest BCUT2D eigenvalue weighted by Gasteiger charge is -2.28. The number of unbranched alkanes of at least 4 members (excludes halogenated alkanes) is 2. The number of nitrogens with one attached hydrogen (secondary N) is 1. The van der Waals surface area contributed by atoms with Crippen LogP contribution in [0.2, 0.25) is 0 Å². The van der Waals surface area contributed by atoms with Crippen molar-refractivity contribution in [2.24, 2.45) is 28.5 Å². The molecule has 0 unspecified atom stereocenters. The SMILES string of the molecule is CN(C(=O)CCC1CCCCC1)C(N)=NC[C@H]1CCC[C@@H](CCCCCc2cnc[nH]2)C1. The first kappa shape index (κ1) is 24.8. The predicted octanol–water partition coefficient (Wildman–Crippen LogP) is 5.45. The number of hydrogen-bond acceptors (Lipinski definition) is 3. The molecule has 0 aromatic carbocycles. The highest BCUT2D eigenvalue weighted by Crippen LogP contribution is 2.32. The lowest BCUT2D eigenvalue weighted by molar-refractivity contribution is -0.126. The molecule has 32 heavy (non-hydrogen) atoms. The van der Waals surface area contributed by atoms with Gasteiger partial charge in [0.25, 0.3) is 0 Å². The van der Waals surface area contributed by atoms with Crippen molar-refractivity contribution >= 4 is 11.9 Å². The maximum absolute atomic E-state index is 12.5. The molecule has 2 aliphatic carbocycles. The summed E-state index contributed by atoms with van der Waals surface area (Å²) in [6.45, 7) is 0.766. The number of aromatic amines is 1. The molecular weight excluding hydrogens is 398 g/mol. The zero-order chi connectivity index (χ0) is 22.6. The van der Waals surface area contributed by atoms with E-state index in [0.29, 0.717) is 18.3 Å². The van der Waals surface area contributed by atoms with Gasteiger partial charge in [-0.15, -0.1) is 0 Å². The van der Waals surface area contributed by atoms with Crippen molar-refractivity contribution in [1.82, 2.24) is 14.9 Å². The molecule has 0 saturated heterocycles. The van der Waals surface area contributed by atoms with E-state index < -0.39 is 0 Å². The largest absolute Gasteiger partial charge is 0.369 e. The van der Waals surface area contributed by atoms with Gasteiger partial charge in [0.15, 0.2) is 5.96 Å². The summed E-state index contributed by atoms with van der Waals surface area (Å²) in [4.78, 5) is 26.0. The summed E-state index contributed by atoms with van der Waals surface area (Å²) in [5.41, 5.74) is 7.43. The number of guanidine groups is 1. The summed E-state index contributed by atoms with van der Waals surface area (Å²) in [5.74, 6) is 2.69. The number of imidazole rings is 1. The molecule has 1 aromatic rings. The quantitative estimate of drug-likeness (QED) is 0.271. The lowest BCUT2D eigenvalue weighted by atomic mass is 9.79. The molecule has 0 aliphatic heterocycles. The van der Waals surface area contributed by atoms with Crippen molar-refractivity contribution in [3.63, 3.8) is 0 Å². The molecule has 0 spiro atoms. The summed E-state index contributed by atoms with van der Waals surface area (Å²) >= 11 is 0. The van der Waals surface area contributed by atoms with Crippen molar-refractivity contribution < 1.29 is 4.79 Å². The highest BCUT2D eigenvalue weighted by atomic mass is 16.2. The van der Waals surface area contributed by atoms with E-state index in [2.05, 4.69) is 15.0 Å². The smallest absolute Gasteiger partial charge is 0.229 e. The van der Waals surface area contributed by atoms with Crippen LogP contribution in [0.4, 0.5) is 0 Å². The normalized spacial score (nSPS) is 22.7. The van der Waals surface area contributed by atoms with Gasteiger partial charge in [0.05, 0.1) is 6.33 Å². The molecule has 3 rings (SSSR count). The topological polar surface area (TPSA) is 87.4 Å². The average molecular weight is 444 g/mol. The molecule has 2 fully saturated rings. The number of carbonyl (C=O) groups excluding carboxylic acids is 1. The fraction of sp³-hybridized carbons (Fsp3) is 0.808. The second-order valence-electron chi connectivity index (χ2n) is 10.3. The van der Waals surface area contributed by atoms with E-state index in [1.165, 1.54) is 89.2 Å². The van der Waals surface area contributed by atoms with Crippen molar-refractivity contribution in [1.29, 1.82) is 0 Å². The number of H-pyrrole nitrogens is 1. The van der Waals surface area contributed by atoms with Gasteiger partial charge in [-0.3, -0.25) is 14.7 Å². The Morgan fingerprint density at radius 1 is 1.06 bits per heavy atom. The summed E-state index contributed by atoms with van der Waals surface area (Å²) in [5, 5.41) is 0. The highest BCUT2D eigenvalue weighted by Gasteiger charge is 2.22. The molecular formula is C26H45N5O. The molecule has 180 valence electrons. The first-order chi connectivity index (χ1) is 15.6. The fourth-order valence-corrected chi connectivity index (χ4v) is 5.60. The summed E-state index contributed by atoms with van der Waals surface area (Å²) in [6, 6.07) is 0. The Labute approximate surface area is 194 Å². The van der Waals surface area contributed by atoms with E-state index >= 15 is 0 Å². The molecule has 6 nitrogen and oxygen atoms in total. The van der Waals surface area contributed by atoms with E-state index in [4.69, 9.17) is 5.73 Å². The van der Waals surface area contributed by atoms with E-state index in [-0.39, 0.29) is 5.91 Å². The minimum Gasteiger partial charge on any atom is -0.369 e. The van der Waals surface area contributed by atoms with Gasteiger partial charge < -0.3 is 10.7 Å². The molecule has 2 saturated carbocycles. The van der Waals surface area contributed by atoms with E-state index in [9.17, 15) is 4.79 Å². The van der Waals surface area contributed by atoms with Crippen LogP contribution in [0.3, 0.4) is 0 Å². The van der Waals surface area contributed by atoms with Crippen LogP contribution in [0, 0.1) is 17.8 Å². The number of aromatic nitrogens is 2. The van der Waals surface area contributed by atoms with Crippen molar-refractivity contribution in [3.05, 3.63) is 18.2 Å². The minimum absolute atomic E-state index is 0.119. The molecule has 2 aliphatic rings. The third kappa shape index (κ3) is 8.59. The summed E-state index contributed by atoms with van der Waals surface area (Å²) in [7, 11) is 1.79. The average Bonchev–Trinajstić information content (AvgIpc) is 3.35. The molecule has 3 N–H and O–H groups in total. The lowest BCUT2D eigenvalue weighted by Crippen LogP contribution is -2.39. The van der Waals surface area contributed by atoms with Crippen molar-refractivity contribution in [3.8, 4) is 0 Å². The van der Waals surface area contributed by atoms with Crippen LogP contribution >= 0.6 is 0 Å². The van der Waals surface area contributed by atoms with Gasteiger partial charge >= 0.3 is 0 Å². The van der Waals surface area contributed by atoms with Gasteiger partial charge in [0, 0.05) is 31.9 Å². The van der Waals surface area contributed by atoms with Gasteiger partial charge in [0.1, 0.15) is 0 Å². The van der Waals surface area contributed by atoms with Crippen LogP contribution in [0.15, 0.2) is 17.5 Å². The van der Waals surface area contributed by atoms with Crippen molar-refractivity contribution in [2.45, 2.75) is 103 Å². The third-order valence-electron chi connectivity index (χ3n) is 7.73. The number of rotatable bonds is 11. The Bertz CT molecular complexity index is 680. The monoisotopic (exact) mass is 443 g/mol. The van der Waals surface area contributed by atoms with Crippen LogP contribution in [-0.2, 0) is 11.2 Å².